The average Bonchev–Trinajstić information content (AvgIpc) is 3.16. The van der Waals surface area contributed by atoms with Crippen molar-refractivity contribution in [1.29, 1.82) is 0 Å². The summed E-state index contributed by atoms with van der Waals surface area (Å²) in [4.78, 5) is 26.7. The molecule has 158 valence electrons. The molecule has 3 aromatic carbocycles. The molecule has 1 unspecified atom stereocenters. The Kier molecular flexibility index (Phi) is 6.67. The molecule has 3 aromatic rings. The average molecular weight is 435 g/mol. The van der Waals surface area contributed by atoms with Gasteiger partial charge in [-0.2, -0.15) is 0 Å². The van der Waals surface area contributed by atoms with Crippen LogP contribution in [0.1, 0.15) is 32.4 Å². The van der Waals surface area contributed by atoms with E-state index in [9.17, 15) is 14.0 Å². The van der Waals surface area contributed by atoms with E-state index >= 15 is 0 Å². The number of nitrogens with one attached hydrogen (secondary N) is 1. The zero-order chi connectivity index (χ0) is 21.6. The first-order valence-corrected chi connectivity index (χ1v) is 11.2. The molecule has 0 bridgehead atoms. The van der Waals surface area contributed by atoms with Crippen LogP contribution < -0.4 is 5.32 Å². The highest BCUT2D eigenvalue weighted by atomic mass is 32.2. The number of rotatable bonds is 7. The lowest BCUT2D eigenvalue weighted by atomic mass is 10.1. The van der Waals surface area contributed by atoms with Crippen molar-refractivity contribution >= 4 is 23.6 Å². The number of nitrogens with zero attached hydrogens (tertiary/aromatic N) is 1. The molecule has 0 aromatic heterocycles. The van der Waals surface area contributed by atoms with Crippen LogP contribution in [0.15, 0.2) is 78.9 Å². The van der Waals surface area contributed by atoms with Gasteiger partial charge < -0.3 is 10.2 Å². The van der Waals surface area contributed by atoms with Crippen molar-refractivity contribution in [3.8, 4) is 0 Å². The van der Waals surface area contributed by atoms with Crippen LogP contribution in [0.4, 0.5) is 4.39 Å². The van der Waals surface area contributed by atoms with Crippen molar-refractivity contribution in [2.24, 2.45) is 0 Å². The van der Waals surface area contributed by atoms with Gasteiger partial charge in [0.05, 0.1) is 5.75 Å². The topological polar surface area (TPSA) is 49.4 Å². The number of amides is 2. The summed E-state index contributed by atoms with van der Waals surface area (Å²) in [5.41, 5.74) is 3.65. The lowest BCUT2D eigenvalue weighted by Crippen LogP contribution is -2.28. The molecular formula is C25H23FN2O2S. The van der Waals surface area contributed by atoms with Gasteiger partial charge in [0.15, 0.2) is 0 Å². The molecule has 0 spiro atoms. The van der Waals surface area contributed by atoms with Crippen molar-refractivity contribution in [3.63, 3.8) is 0 Å². The number of carbonyl (C=O) groups is 2. The predicted molar refractivity (Wildman–Crippen MR) is 121 cm³/mol. The number of thioether (sulfide) groups is 1. The molecule has 0 radical (unpaired) electrons. The van der Waals surface area contributed by atoms with E-state index in [4.69, 9.17) is 0 Å². The van der Waals surface area contributed by atoms with Crippen molar-refractivity contribution in [2.45, 2.75) is 18.3 Å². The van der Waals surface area contributed by atoms with E-state index in [1.165, 1.54) is 12.1 Å². The molecule has 1 heterocycles. The van der Waals surface area contributed by atoms with Crippen molar-refractivity contribution < 1.29 is 14.0 Å². The highest BCUT2D eigenvalue weighted by Crippen LogP contribution is 2.39. The summed E-state index contributed by atoms with van der Waals surface area (Å²) in [5, 5.41) is 2.84. The predicted octanol–water partition coefficient (Wildman–Crippen LogP) is 4.57. The van der Waals surface area contributed by atoms with E-state index in [1.54, 1.807) is 36.0 Å². The molecule has 1 atom stereocenters. The summed E-state index contributed by atoms with van der Waals surface area (Å²) in [6.07, 6.45) is 0.638. The minimum Gasteiger partial charge on any atom is -0.352 e. The van der Waals surface area contributed by atoms with Gasteiger partial charge in [0.2, 0.25) is 5.91 Å². The maximum absolute atomic E-state index is 13.0. The Hall–Kier alpha value is -3.12. The molecule has 4 nitrogen and oxygen atoms in total. The highest BCUT2D eigenvalue weighted by molar-refractivity contribution is 8.00. The molecule has 6 heteroatoms. The summed E-state index contributed by atoms with van der Waals surface area (Å²) in [7, 11) is 0. The van der Waals surface area contributed by atoms with E-state index in [2.05, 4.69) is 5.32 Å². The fourth-order valence-corrected chi connectivity index (χ4v) is 4.74. The smallest absolute Gasteiger partial charge is 0.251 e. The molecule has 0 saturated carbocycles. The standard InChI is InChI=1S/C25H23FN2O2S/c26-22-12-6-18(7-13-22)14-15-27-24(30)20-8-10-21(11-9-20)25-28(23(29)17-31-25)16-19-4-2-1-3-5-19/h1-13,25H,14-17H2,(H,27,30). The van der Waals surface area contributed by atoms with Crippen LogP contribution in [0.5, 0.6) is 0 Å². The molecule has 1 saturated heterocycles. The molecule has 1 aliphatic heterocycles. The third kappa shape index (κ3) is 5.33. The molecule has 1 aliphatic rings. The number of benzene rings is 3. The Morgan fingerprint density at radius 3 is 2.39 bits per heavy atom. The van der Waals surface area contributed by atoms with E-state index in [1.807, 2.05) is 47.4 Å². The van der Waals surface area contributed by atoms with E-state index in [0.29, 0.717) is 30.8 Å². The molecule has 31 heavy (non-hydrogen) atoms. The summed E-state index contributed by atoms with van der Waals surface area (Å²) >= 11 is 1.61. The molecule has 1 N–H and O–H groups in total. The van der Waals surface area contributed by atoms with Gasteiger partial charge in [-0.1, -0.05) is 54.6 Å². The Bertz CT molecular complexity index is 1040. The maximum Gasteiger partial charge on any atom is 0.251 e. The summed E-state index contributed by atoms with van der Waals surface area (Å²) in [6, 6.07) is 23.7. The number of halogens is 1. The van der Waals surface area contributed by atoms with Crippen LogP contribution in [-0.4, -0.2) is 29.0 Å². The third-order valence-electron chi connectivity index (χ3n) is 5.23. The first kappa shape index (κ1) is 21.1. The number of carbonyl (C=O) groups excluding carboxylic acids is 2. The maximum atomic E-state index is 13.0. The summed E-state index contributed by atoms with van der Waals surface area (Å²) in [5.74, 6) is 0.173. The summed E-state index contributed by atoms with van der Waals surface area (Å²) in [6.45, 7) is 1.05. The van der Waals surface area contributed by atoms with E-state index in [-0.39, 0.29) is 23.0 Å². The van der Waals surface area contributed by atoms with Crippen LogP contribution in [-0.2, 0) is 17.8 Å². The first-order chi connectivity index (χ1) is 15.1. The van der Waals surface area contributed by atoms with Crippen LogP contribution in [0, 0.1) is 5.82 Å². The Morgan fingerprint density at radius 1 is 0.968 bits per heavy atom. The van der Waals surface area contributed by atoms with Gasteiger partial charge in [0.25, 0.3) is 5.91 Å². The minimum absolute atomic E-state index is 0.0525. The Labute approximate surface area is 185 Å². The van der Waals surface area contributed by atoms with Crippen LogP contribution >= 0.6 is 11.8 Å². The summed E-state index contributed by atoms with van der Waals surface area (Å²) < 4.78 is 13.0. The van der Waals surface area contributed by atoms with Gasteiger partial charge in [0, 0.05) is 18.7 Å². The van der Waals surface area contributed by atoms with Crippen molar-refractivity contribution in [1.82, 2.24) is 10.2 Å². The number of hydrogen-bond acceptors (Lipinski definition) is 3. The fourth-order valence-electron chi connectivity index (χ4n) is 3.55. The van der Waals surface area contributed by atoms with Crippen molar-refractivity contribution in [3.05, 3.63) is 107 Å². The van der Waals surface area contributed by atoms with Crippen LogP contribution in [0.25, 0.3) is 0 Å². The minimum atomic E-state index is -0.266. The SMILES string of the molecule is O=C(NCCc1ccc(F)cc1)c1ccc(C2SCC(=O)N2Cc2ccccc2)cc1. The van der Waals surface area contributed by atoms with E-state index < -0.39 is 0 Å². The second kappa shape index (κ2) is 9.79. The van der Waals surface area contributed by atoms with Crippen LogP contribution in [0.2, 0.25) is 0 Å². The highest BCUT2D eigenvalue weighted by Gasteiger charge is 2.32. The number of hydrogen-bond donors (Lipinski definition) is 1. The second-order valence-corrected chi connectivity index (χ2v) is 8.49. The van der Waals surface area contributed by atoms with Gasteiger partial charge in [0.1, 0.15) is 11.2 Å². The first-order valence-electron chi connectivity index (χ1n) is 10.2. The molecule has 2 amide bonds. The Balaban J connectivity index is 1.36. The molecule has 1 fully saturated rings. The molecular weight excluding hydrogens is 411 g/mol. The molecule has 4 rings (SSSR count). The van der Waals surface area contributed by atoms with Gasteiger partial charge in [-0.25, -0.2) is 4.39 Å². The monoisotopic (exact) mass is 434 g/mol. The third-order valence-corrected chi connectivity index (χ3v) is 6.49. The molecule has 0 aliphatic carbocycles. The quantitative estimate of drug-likeness (QED) is 0.593. The van der Waals surface area contributed by atoms with Gasteiger partial charge in [-0.15, -0.1) is 11.8 Å². The van der Waals surface area contributed by atoms with E-state index in [0.717, 1.165) is 16.7 Å². The largest absolute Gasteiger partial charge is 0.352 e. The van der Waals surface area contributed by atoms with Crippen molar-refractivity contribution in [2.75, 3.05) is 12.3 Å². The Morgan fingerprint density at radius 2 is 1.68 bits per heavy atom. The lowest BCUT2D eigenvalue weighted by Gasteiger charge is -2.24. The van der Waals surface area contributed by atoms with Gasteiger partial charge >= 0.3 is 0 Å². The fraction of sp³-hybridized carbons (Fsp3) is 0.200. The van der Waals surface area contributed by atoms with Gasteiger partial charge in [-0.3, -0.25) is 9.59 Å². The normalized spacial score (nSPS) is 15.8. The van der Waals surface area contributed by atoms with Crippen LogP contribution in [0.3, 0.4) is 0 Å². The van der Waals surface area contributed by atoms with Gasteiger partial charge in [-0.05, 0) is 47.4 Å². The lowest BCUT2D eigenvalue weighted by molar-refractivity contribution is -0.128. The zero-order valence-electron chi connectivity index (χ0n) is 17.0. The zero-order valence-corrected chi connectivity index (χ0v) is 17.8. The second-order valence-electron chi connectivity index (χ2n) is 7.42.